The molecule has 0 amide bonds. The Balaban J connectivity index is 0. The molecular weight excluding hydrogens is 646 g/mol. The van der Waals surface area contributed by atoms with Crippen molar-refractivity contribution in [1.29, 1.82) is 0 Å². The maximum atomic E-state index is 3.72. The molecule has 3 nitrogen and oxygen atoms in total. The van der Waals surface area contributed by atoms with E-state index in [9.17, 15) is 0 Å². The van der Waals surface area contributed by atoms with Gasteiger partial charge in [-0.05, 0) is 45.9 Å². The second-order valence-electron chi connectivity index (χ2n) is 9.85. The summed E-state index contributed by atoms with van der Waals surface area (Å²) in [5.74, 6) is 2.09. The minimum Gasteiger partial charge on any atom is -1.00 e. The van der Waals surface area contributed by atoms with Gasteiger partial charge in [-0.2, -0.15) is 0 Å². The van der Waals surface area contributed by atoms with Crippen molar-refractivity contribution in [2.24, 2.45) is 0 Å². The molecule has 0 fully saturated rings. The molecule has 0 bridgehead atoms. The number of hydrogen-bond donors (Lipinski definition) is 3. The largest absolute Gasteiger partial charge is 1.00 e. The van der Waals surface area contributed by atoms with Gasteiger partial charge < -0.3 is 40.8 Å². The van der Waals surface area contributed by atoms with E-state index in [4.69, 9.17) is 0 Å². The summed E-state index contributed by atoms with van der Waals surface area (Å²) < 4.78 is 0. The van der Waals surface area contributed by atoms with Crippen LogP contribution in [0.15, 0.2) is 36.4 Å². The van der Waals surface area contributed by atoms with E-state index in [-0.39, 0.29) is 47.2 Å². The Morgan fingerprint density at radius 3 is 1.00 bits per heavy atom. The first kappa shape index (κ1) is 35.5. The van der Waals surface area contributed by atoms with Crippen molar-refractivity contribution in [1.82, 2.24) is 5.32 Å². The van der Waals surface area contributed by atoms with Crippen LogP contribution < -0.4 is 40.8 Å². The summed E-state index contributed by atoms with van der Waals surface area (Å²) >= 11 is 0. The van der Waals surface area contributed by atoms with Gasteiger partial charge >= 0.3 is 0 Å². The van der Waals surface area contributed by atoms with Crippen molar-refractivity contribution in [3.63, 3.8) is 0 Å². The van der Waals surface area contributed by atoms with Crippen LogP contribution in [0.25, 0.3) is 0 Å². The van der Waals surface area contributed by atoms with E-state index in [0.717, 1.165) is 26.2 Å². The van der Waals surface area contributed by atoms with Gasteiger partial charge in [0.05, 0.1) is 0 Å². The van der Waals surface area contributed by atoms with E-state index in [2.05, 4.69) is 108 Å². The molecule has 0 aromatic heterocycles. The summed E-state index contributed by atoms with van der Waals surface area (Å²) in [6, 6.07) is 13.4. The monoisotopic (exact) mass is 690 g/mol. The Morgan fingerprint density at radius 2 is 0.765 bits per heavy atom. The molecule has 0 saturated carbocycles. The number of rotatable bonds is 12. The van der Waals surface area contributed by atoms with Gasteiger partial charge in [0, 0.05) is 59.9 Å². The van der Waals surface area contributed by atoms with Crippen LogP contribution in [0.1, 0.15) is 101 Å². The third kappa shape index (κ3) is 10.1. The summed E-state index contributed by atoms with van der Waals surface area (Å²) in [6.07, 6.45) is 0. The molecule has 2 aromatic rings. The smallest absolute Gasteiger partial charge is 0.0410 e. The Labute approximate surface area is 237 Å². The van der Waals surface area contributed by atoms with Crippen LogP contribution in [-0.4, -0.2) is 26.2 Å². The normalized spacial score (nSPS) is 10.7. The van der Waals surface area contributed by atoms with Gasteiger partial charge in [0.2, 0.25) is 0 Å². The molecule has 0 atom stereocenters. The Bertz CT molecular complexity index is 703. The molecule has 34 heavy (non-hydrogen) atoms. The van der Waals surface area contributed by atoms with Crippen molar-refractivity contribution in [3.05, 3.63) is 58.7 Å². The third-order valence-corrected chi connectivity index (χ3v) is 5.95. The van der Waals surface area contributed by atoms with E-state index in [1.165, 1.54) is 33.6 Å². The molecule has 6 heteroatoms. The molecule has 2 aromatic carbocycles. The summed E-state index contributed by atoms with van der Waals surface area (Å²) in [4.78, 5) is 0. The molecule has 0 unspecified atom stereocenters. The van der Waals surface area contributed by atoms with Gasteiger partial charge in [-0.3, -0.25) is 0 Å². The topological polar surface area (TPSA) is 36.1 Å². The molecule has 1 radical (unpaired) electrons. The molecule has 0 aliphatic heterocycles. The van der Waals surface area contributed by atoms with Crippen LogP contribution in [0, 0.1) is 0 Å². The maximum absolute atomic E-state index is 3.72. The zero-order valence-electron chi connectivity index (χ0n) is 22.2. The number of para-hydroxylation sites is 2. The van der Waals surface area contributed by atoms with Crippen LogP contribution in [0.3, 0.4) is 0 Å². The first-order chi connectivity index (χ1) is 14.7. The molecule has 199 valence electrons. The summed E-state index contributed by atoms with van der Waals surface area (Å²) in [6.45, 7) is 22.0. The van der Waals surface area contributed by atoms with E-state index in [0.29, 0.717) is 23.7 Å². The van der Waals surface area contributed by atoms with Gasteiger partial charge in [0.1, 0.15) is 0 Å². The Kier molecular flexibility index (Phi) is 18.5. The first-order valence-electron chi connectivity index (χ1n) is 12.2. The van der Waals surface area contributed by atoms with Crippen molar-refractivity contribution in [3.8, 4) is 0 Å². The standard InChI is InChI=1S/C28H45N3.Au.2ClH/c1-19(2)23-11-9-12-24(20(3)4)27(23)30-17-15-29-16-18-31-28-25(21(5)6)13-10-14-26(28)22(7)8;;;/h9-14,19-22,29-31H,15-18H2,1-8H3;;2*1H/p-2. The van der Waals surface area contributed by atoms with E-state index < -0.39 is 0 Å². The number of anilines is 2. The fourth-order valence-electron chi connectivity index (χ4n) is 4.19. The molecule has 0 saturated heterocycles. The number of benzene rings is 2. The summed E-state index contributed by atoms with van der Waals surface area (Å²) in [7, 11) is 0. The van der Waals surface area contributed by atoms with Gasteiger partial charge in [-0.25, -0.2) is 0 Å². The van der Waals surface area contributed by atoms with Gasteiger partial charge in [0.15, 0.2) is 0 Å². The quantitative estimate of drug-likeness (QED) is 0.232. The number of nitrogens with one attached hydrogen (secondary N) is 3. The Hall–Kier alpha value is -0.680. The average molecular weight is 692 g/mol. The van der Waals surface area contributed by atoms with Gasteiger partial charge in [-0.1, -0.05) is 91.8 Å². The fraction of sp³-hybridized carbons (Fsp3) is 0.571. The maximum Gasteiger partial charge on any atom is 0.0410 e. The van der Waals surface area contributed by atoms with Crippen LogP contribution >= 0.6 is 0 Å². The predicted molar refractivity (Wildman–Crippen MR) is 139 cm³/mol. The molecule has 0 aliphatic carbocycles. The average Bonchev–Trinajstić information content (AvgIpc) is 2.72. The summed E-state index contributed by atoms with van der Waals surface area (Å²) in [5.41, 5.74) is 8.33. The molecular formula is C28H45AuCl2N3-2. The van der Waals surface area contributed by atoms with Gasteiger partial charge in [0.25, 0.3) is 0 Å². The number of halogens is 2. The number of hydrogen-bond acceptors (Lipinski definition) is 3. The van der Waals surface area contributed by atoms with E-state index >= 15 is 0 Å². The van der Waals surface area contributed by atoms with Crippen molar-refractivity contribution >= 4 is 11.4 Å². The third-order valence-electron chi connectivity index (χ3n) is 5.95. The predicted octanol–water partition coefficient (Wildman–Crippen LogP) is 1.30. The van der Waals surface area contributed by atoms with Crippen LogP contribution in [0.4, 0.5) is 11.4 Å². The Morgan fingerprint density at radius 1 is 0.500 bits per heavy atom. The zero-order valence-corrected chi connectivity index (χ0v) is 25.8. The summed E-state index contributed by atoms with van der Waals surface area (Å²) in [5, 5.41) is 11.0. The molecule has 3 N–H and O–H groups in total. The SMILES string of the molecule is CC(C)c1cccc(C(C)C)c1NCCNCCNc1c(C(C)C)cccc1C(C)C.[Au].[Cl-].[Cl-]. The minimum atomic E-state index is 0. The molecule has 0 aliphatic rings. The van der Waals surface area contributed by atoms with Crippen molar-refractivity contribution < 1.29 is 47.2 Å². The molecule has 0 heterocycles. The van der Waals surface area contributed by atoms with Gasteiger partial charge in [-0.15, -0.1) is 0 Å². The van der Waals surface area contributed by atoms with Crippen molar-refractivity contribution in [2.45, 2.75) is 79.1 Å². The van der Waals surface area contributed by atoms with Crippen molar-refractivity contribution in [2.75, 3.05) is 36.8 Å². The zero-order chi connectivity index (χ0) is 23.0. The van der Waals surface area contributed by atoms with E-state index in [1.807, 2.05) is 0 Å². The van der Waals surface area contributed by atoms with E-state index in [1.54, 1.807) is 0 Å². The second-order valence-corrected chi connectivity index (χ2v) is 9.85. The molecule has 2 rings (SSSR count). The molecule has 0 spiro atoms. The minimum absolute atomic E-state index is 0. The van der Waals surface area contributed by atoms with Crippen LogP contribution in [0.5, 0.6) is 0 Å². The van der Waals surface area contributed by atoms with Crippen LogP contribution in [-0.2, 0) is 22.4 Å². The first-order valence-corrected chi connectivity index (χ1v) is 12.2. The van der Waals surface area contributed by atoms with Crippen LogP contribution in [0.2, 0.25) is 0 Å². The fourth-order valence-corrected chi connectivity index (χ4v) is 4.19. The second kappa shape index (κ2) is 17.7.